The van der Waals surface area contributed by atoms with Crippen molar-refractivity contribution < 1.29 is 14.8 Å². The molecular weight excluding hydrogens is 365 g/mol. The molecule has 0 fully saturated rings. The lowest BCUT2D eigenvalue weighted by atomic mass is 9.80. The van der Waals surface area contributed by atoms with Crippen molar-refractivity contribution in [3.8, 4) is 0 Å². The summed E-state index contributed by atoms with van der Waals surface area (Å²) in [5.74, 6) is -0.295. The predicted molar refractivity (Wildman–Crippen MR) is 115 cm³/mol. The number of hydrogen-bond acceptors (Lipinski definition) is 4. The molecule has 3 aromatic carbocycles. The van der Waals surface area contributed by atoms with Crippen molar-refractivity contribution in [1.82, 2.24) is 9.97 Å². The van der Waals surface area contributed by atoms with Gasteiger partial charge in [-0.25, -0.2) is 4.98 Å². The van der Waals surface area contributed by atoms with E-state index in [9.17, 15) is 14.8 Å². The van der Waals surface area contributed by atoms with Crippen LogP contribution in [-0.4, -0.2) is 33.0 Å². The molecule has 140 valence electrons. The van der Waals surface area contributed by atoms with Crippen molar-refractivity contribution in [1.29, 1.82) is 0 Å². The van der Waals surface area contributed by atoms with Crippen LogP contribution in [0.1, 0.15) is 10.4 Å². The fraction of sp³-hybridized carbons (Fsp3) is 0. The molecule has 0 aliphatic rings. The Kier molecular flexibility index (Phi) is 4.05. The van der Waals surface area contributed by atoms with Gasteiger partial charge >= 0.3 is 7.12 Å². The van der Waals surface area contributed by atoms with Crippen molar-refractivity contribution in [3.05, 3.63) is 78.4 Å². The normalized spacial score (nSPS) is 11.2. The number of aromatic amines is 1. The van der Waals surface area contributed by atoms with Gasteiger partial charge in [0.2, 0.25) is 0 Å². The lowest BCUT2D eigenvalue weighted by Gasteiger charge is -2.08. The number of pyridine rings is 1. The van der Waals surface area contributed by atoms with E-state index < -0.39 is 7.12 Å². The highest BCUT2D eigenvalue weighted by Crippen LogP contribution is 2.29. The van der Waals surface area contributed by atoms with Gasteiger partial charge in [-0.3, -0.25) is 4.79 Å². The van der Waals surface area contributed by atoms with Crippen LogP contribution in [0.5, 0.6) is 0 Å². The molecule has 0 atom stereocenters. The van der Waals surface area contributed by atoms with Crippen LogP contribution in [0.4, 0.5) is 5.69 Å². The van der Waals surface area contributed by atoms with E-state index in [1.807, 2.05) is 42.5 Å². The van der Waals surface area contributed by atoms with Gasteiger partial charge < -0.3 is 20.3 Å². The summed E-state index contributed by atoms with van der Waals surface area (Å²) >= 11 is 0. The van der Waals surface area contributed by atoms with Gasteiger partial charge in [0.1, 0.15) is 0 Å². The summed E-state index contributed by atoms with van der Waals surface area (Å²) in [6, 6.07) is 21.9. The van der Waals surface area contributed by atoms with Crippen LogP contribution in [0, 0.1) is 0 Å². The molecule has 7 heteroatoms. The highest BCUT2D eigenvalue weighted by atomic mass is 16.4. The highest BCUT2D eigenvalue weighted by molar-refractivity contribution is 6.58. The molecule has 2 heterocycles. The average molecular weight is 381 g/mol. The number of nitrogens with zero attached hydrogens (tertiary/aromatic N) is 1. The number of para-hydroxylation sites is 2. The highest BCUT2D eigenvalue weighted by Gasteiger charge is 2.16. The second kappa shape index (κ2) is 6.74. The number of carbonyl (C=O) groups excluding carboxylic acids is 1. The van der Waals surface area contributed by atoms with Crippen LogP contribution in [-0.2, 0) is 0 Å². The number of carbonyl (C=O) groups is 1. The molecule has 0 bridgehead atoms. The molecule has 29 heavy (non-hydrogen) atoms. The zero-order valence-corrected chi connectivity index (χ0v) is 15.3. The Labute approximate surface area is 166 Å². The Morgan fingerprint density at radius 2 is 1.79 bits per heavy atom. The Hall–Kier alpha value is -3.68. The van der Waals surface area contributed by atoms with Gasteiger partial charge in [0.15, 0.2) is 0 Å². The number of fused-ring (bicyclic) bond motifs is 4. The summed E-state index contributed by atoms with van der Waals surface area (Å²) in [5.41, 5.74) is 4.57. The van der Waals surface area contributed by atoms with E-state index in [1.54, 1.807) is 24.3 Å². The van der Waals surface area contributed by atoms with Crippen molar-refractivity contribution in [3.63, 3.8) is 0 Å². The zero-order valence-electron chi connectivity index (χ0n) is 15.3. The number of aromatic nitrogens is 2. The SMILES string of the molecule is O=C(Nc1cccc(B(O)O)c1)c1cccc2c1[nH]c1cc3ccccc3nc12. The molecule has 0 saturated heterocycles. The van der Waals surface area contributed by atoms with Crippen LogP contribution in [0.2, 0.25) is 0 Å². The fourth-order valence-corrected chi connectivity index (χ4v) is 3.60. The van der Waals surface area contributed by atoms with E-state index in [1.165, 1.54) is 6.07 Å². The molecular formula is C22H16BN3O3. The Balaban J connectivity index is 1.60. The number of rotatable bonds is 3. The minimum atomic E-state index is -1.59. The summed E-state index contributed by atoms with van der Waals surface area (Å²) in [7, 11) is -1.59. The maximum Gasteiger partial charge on any atom is 0.488 e. The standard InChI is InChI=1S/C22H16BN3O3/c27-22(24-15-7-3-6-14(12-15)23(28)29)17-9-4-8-16-20(17)26-19-11-13-5-1-2-10-18(13)25-21(16)19/h1-12,26,28-29H,(H,24,27). The van der Waals surface area contributed by atoms with Crippen molar-refractivity contribution in [2.45, 2.75) is 0 Å². The van der Waals surface area contributed by atoms with Crippen molar-refractivity contribution in [2.24, 2.45) is 0 Å². The molecule has 0 aliphatic carbocycles. The summed E-state index contributed by atoms with van der Waals surface area (Å²) in [6.07, 6.45) is 0. The molecule has 4 N–H and O–H groups in total. The Morgan fingerprint density at radius 3 is 2.66 bits per heavy atom. The summed E-state index contributed by atoms with van der Waals surface area (Å²) in [4.78, 5) is 21.0. The third-order valence-corrected chi connectivity index (χ3v) is 4.99. The van der Waals surface area contributed by atoms with Crippen LogP contribution in [0.15, 0.2) is 72.8 Å². The fourth-order valence-electron chi connectivity index (χ4n) is 3.60. The number of anilines is 1. The van der Waals surface area contributed by atoms with E-state index >= 15 is 0 Å². The van der Waals surface area contributed by atoms with Crippen molar-refractivity contribution in [2.75, 3.05) is 5.32 Å². The van der Waals surface area contributed by atoms with Crippen LogP contribution in [0.25, 0.3) is 32.8 Å². The van der Waals surface area contributed by atoms with Crippen molar-refractivity contribution >= 4 is 57.0 Å². The Morgan fingerprint density at radius 1 is 0.966 bits per heavy atom. The lowest BCUT2D eigenvalue weighted by molar-refractivity contribution is 0.102. The van der Waals surface area contributed by atoms with Crippen LogP contribution < -0.4 is 10.8 Å². The third-order valence-electron chi connectivity index (χ3n) is 4.99. The number of H-pyrrole nitrogens is 1. The van der Waals surface area contributed by atoms with Gasteiger partial charge in [-0.2, -0.15) is 0 Å². The first-order valence-corrected chi connectivity index (χ1v) is 9.18. The molecule has 2 aromatic heterocycles. The first kappa shape index (κ1) is 17.4. The summed E-state index contributed by atoms with van der Waals surface area (Å²) in [6.45, 7) is 0. The predicted octanol–water partition coefficient (Wildman–Crippen LogP) is 2.80. The van der Waals surface area contributed by atoms with Crippen LogP contribution in [0.3, 0.4) is 0 Å². The number of amides is 1. The monoisotopic (exact) mass is 381 g/mol. The van der Waals surface area contributed by atoms with E-state index in [4.69, 9.17) is 4.98 Å². The molecule has 5 aromatic rings. The maximum absolute atomic E-state index is 12.9. The average Bonchev–Trinajstić information content (AvgIpc) is 3.09. The maximum atomic E-state index is 12.9. The lowest BCUT2D eigenvalue weighted by Crippen LogP contribution is -2.30. The molecule has 0 unspecified atom stereocenters. The minimum Gasteiger partial charge on any atom is -0.423 e. The topological polar surface area (TPSA) is 98.2 Å². The second-order valence-corrected chi connectivity index (χ2v) is 6.88. The Bertz CT molecular complexity index is 1390. The number of nitrogens with one attached hydrogen (secondary N) is 2. The van der Waals surface area contributed by atoms with E-state index in [0.717, 1.165) is 27.3 Å². The molecule has 5 rings (SSSR count). The van der Waals surface area contributed by atoms with Crippen LogP contribution >= 0.6 is 0 Å². The number of hydrogen-bond donors (Lipinski definition) is 4. The first-order chi connectivity index (χ1) is 14.1. The third kappa shape index (κ3) is 3.02. The van der Waals surface area contributed by atoms with Gasteiger partial charge in [0, 0.05) is 16.5 Å². The van der Waals surface area contributed by atoms with Gasteiger partial charge in [-0.1, -0.05) is 42.5 Å². The molecule has 0 spiro atoms. The second-order valence-electron chi connectivity index (χ2n) is 6.88. The molecule has 0 radical (unpaired) electrons. The van der Waals surface area contributed by atoms with E-state index in [-0.39, 0.29) is 5.91 Å². The van der Waals surface area contributed by atoms with Gasteiger partial charge in [-0.15, -0.1) is 0 Å². The quantitative estimate of drug-likeness (QED) is 0.361. The first-order valence-electron chi connectivity index (χ1n) is 9.18. The van der Waals surface area contributed by atoms with E-state index in [0.29, 0.717) is 22.2 Å². The smallest absolute Gasteiger partial charge is 0.423 e. The minimum absolute atomic E-state index is 0.295. The van der Waals surface area contributed by atoms with E-state index in [2.05, 4.69) is 10.3 Å². The summed E-state index contributed by atoms with van der Waals surface area (Å²) in [5, 5.41) is 23.4. The molecule has 6 nitrogen and oxygen atoms in total. The summed E-state index contributed by atoms with van der Waals surface area (Å²) < 4.78 is 0. The molecule has 0 aliphatic heterocycles. The molecule has 0 saturated carbocycles. The largest absolute Gasteiger partial charge is 0.488 e. The van der Waals surface area contributed by atoms with Gasteiger partial charge in [-0.05, 0) is 35.8 Å². The van der Waals surface area contributed by atoms with Gasteiger partial charge in [0.25, 0.3) is 5.91 Å². The number of benzene rings is 3. The molecule has 1 amide bonds. The zero-order chi connectivity index (χ0) is 20.0. The van der Waals surface area contributed by atoms with Gasteiger partial charge in [0.05, 0.1) is 27.6 Å².